The van der Waals surface area contributed by atoms with Crippen LogP contribution in [0.5, 0.6) is 5.75 Å². The lowest BCUT2D eigenvalue weighted by atomic mass is 10.0. The summed E-state index contributed by atoms with van der Waals surface area (Å²) in [6.45, 7) is 1.23. The average molecular weight is 536 g/mol. The number of fused-ring (bicyclic) bond motifs is 3. The van der Waals surface area contributed by atoms with Crippen LogP contribution in [0.1, 0.15) is 53.3 Å². The number of aromatic carboxylic acids is 1. The Morgan fingerprint density at radius 2 is 2.13 bits per heavy atom. The molecular weight excluding hydrogens is 509 g/mol. The van der Waals surface area contributed by atoms with Gasteiger partial charge in [-0.2, -0.15) is 0 Å². The Bertz CT molecular complexity index is 1550. The van der Waals surface area contributed by atoms with Gasteiger partial charge in [0.2, 0.25) is 0 Å². The fraction of sp³-hybridized carbons (Fsp3) is 0.393. The van der Waals surface area contributed by atoms with Gasteiger partial charge in [0.15, 0.2) is 10.9 Å². The zero-order valence-electron chi connectivity index (χ0n) is 20.7. The average Bonchev–Trinajstić information content (AvgIpc) is 3.26. The fourth-order valence-corrected chi connectivity index (χ4v) is 6.98. The normalized spacial score (nSPS) is 22.5. The van der Waals surface area contributed by atoms with E-state index in [-0.39, 0.29) is 23.2 Å². The van der Waals surface area contributed by atoms with Crippen molar-refractivity contribution in [3.63, 3.8) is 0 Å². The number of carbonyl (C=O) groups is 1. The predicted octanol–water partition coefficient (Wildman–Crippen LogP) is 5.86. The Hall–Kier alpha value is -3.50. The molecule has 1 N–H and O–H groups in total. The number of carboxylic acids is 1. The molecule has 0 unspecified atom stereocenters. The third-order valence-electron chi connectivity index (χ3n) is 7.96. The lowest BCUT2D eigenvalue weighted by Crippen LogP contribution is -2.38. The standard InChI is InChI=1S/C28H26FN3O5S/c1-35-19-4-2-3-15(8-19)24-20(26(37-31-24)14-5-6-14)13-36-22-11-18-7-17(22)12-32(18)28-30-25-21(29)9-16(27(33)34)10-23(25)38-28/h2-4,8-10,14,17-18,22H,5-7,11-13H2,1H3,(H,33,34)/t17-,18-,22+/m0/s1. The van der Waals surface area contributed by atoms with Crippen LogP contribution in [0.25, 0.3) is 21.5 Å². The van der Waals surface area contributed by atoms with Crippen molar-refractivity contribution in [2.75, 3.05) is 18.6 Å². The largest absolute Gasteiger partial charge is 0.497 e. The van der Waals surface area contributed by atoms with Crippen LogP contribution >= 0.6 is 11.3 Å². The summed E-state index contributed by atoms with van der Waals surface area (Å²) >= 11 is 1.35. The van der Waals surface area contributed by atoms with Crippen molar-refractivity contribution in [3.05, 3.63) is 59.1 Å². The number of ether oxygens (including phenoxy) is 2. The molecule has 3 fully saturated rings. The quantitative estimate of drug-likeness (QED) is 0.300. The number of thiazole rings is 1. The van der Waals surface area contributed by atoms with Gasteiger partial charge in [-0.25, -0.2) is 14.2 Å². The highest BCUT2D eigenvalue weighted by molar-refractivity contribution is 7.22. The predicted molar refractivity (Wildman–Crippen MR) is 139 cm³/mol. The van der Waals surface area contributed by atoms with Crippen molar-refractivity contribution >= 4 is 32.7 Å². The molecule has 1 saturated heterocycles. The zero-order chi connectivity index (χ0) is 26.0. The van der Waals surface area contributed by atoms with E-state index in [0.717, 1.165) is 71.8 Å². The number of carboxylic acid groups (broad SMARTS) is 1. The summed E-state index contributed by atoms with van der Waals surface area (Å²) in [5, 5.41) is 14.4. The molecule has 38 heavy (non-hydrogen) atoms. The maximum absolute atomic E-state index is 14.5. The van der Waals surface area contributed by atoms with E-state index >= 15 is 0 Å². The first-order chi connectivity index (χ1) is 18.5. The molecule has 2 saturated carbocycles. The summed E-state index contributed by atoms with van der Waals surface area (Å²) in [7, 11) is 1.65. The lowest BCUT2D eigenvalue weighted by Gasteiger charge is -2.31. The molecule has 196 valence electrons. The molecule has 4 aromatic rings. The highest BCUT2D eigenvalue weighted by Crippen LogP contribution is 2.47. The molecular formula is C28H26FN3O5S. The minimum absolute atomic E-state index is 0.0609. The van der Waals surface area contributed by atoms with Gasteiger partial charge in [0.05, 0.1) is 30.1 Å². The molecule has 7 rings (SSSR count). The summed E-state index contributed by atoms with van der Waals surface area (Å²) < 4.78 is 32.8. The molecule has 10 heteroatoms. The van der Waals surface area contributed by atoms with Crippen LogP contribution in [0.2, 0.25) is 0 Å². The van der Waals surface area contributed by atoms with Gasteiger partial charge < -0.3 is 24.0 Å². The minimum atomic E-state index is -1.15. The molecule has 0 amide bonds. The van der Waals surface area contributed by atoms with Crippen molar-refractivity contribution in [2.24, 2.45) is 5.92 Å². The maximum atomic E-state index is 14.5. The van der Waals surface area contributed by atoms with E-state index in [1.54, 1.807) is 7.11 Å². The van der Waals surface area contributed by atoms with Crippen LogP contribution in [0.15, 0.2) is 40.9 Å². The van der Waals surface area contributed by atoms with Gasteiger partial charge in [0.1, 0.15) is 22.7 Å². The monoisotopic (exact) mass is 535 g/mol. The van der Waals surface area contributed by atoms with Gasteiger partial charge >= 0.3 is 5.97 Å². The molecule has 0 radical (unpaired) electrons. The second-order valence-corrected chi connectivity index (χ2v) is 11.4. The molecule has 8 nitrogen and oxygen atoms in total. The molecule has 1 aliphatic heterocycles. The molecule has 0 spiro atoms. The minimum Gasteiger partial charge on any atom is -0.497 e. The highest BCUT2D eigenvalue weighted by atomic mass is 32.1. The second-order valence-electron chi connectivity index (χ2n) is 10.4. The van der Waals surface area contributed by atoms with Crippen LogP contribution in [0.4, 0.5) is 9.52 Å². The Kier molecular flexibility index (Phi) is 5.63. The highest BCUT2D eigenvalue weighted by Gasteiger charge is 2.46. The summed E-state index contributed by atoms with van der Waals surface area (Å²) in [5.41, 5.74) is 2.96. The van der Waals surface area contributed by atoms with Crippen molar-refractivity contribution in [3.8, 4) is 17.0 Å². The number of hydrogen-bond acceptors (Lipinski definition) is 8. The number of methoxy groups -OCH3 is 1. The fourth-order valence-electron chi connectivity index (χ4n) is 5.88. The van der Waals surface area contributed by atoms with Gasteiger partial charge in [-0.15, -0.1) is 0 Å². The number of hydrogen-bond donors (Lipinski definition) is 1. The van der Waals surface area contributed by atoms with Crippen molar-refractivity contribution in [1.29, 1.82) is 0 Å². The second kappa shape index (κ2) is 9.06. The first-order valence-corrected chi connectivity index (χ1v) is 13.6. The summed E-state index contributed by atoms with van der Waals surface area (Å²) in [5.74, 6) is 0.721. The van der Waals surface area contributed by atoms with E-state index < -0.39 is 11.8 Å². The number of benzene rings is 2. The van der Waals surface area contributed by atoms with Crippen LogP contribution in [-0.2, 0) is 11.3 Å². The summed E-state index contributed by atoms with van der Waals surface area (Å²) in [4.78, 5) is 18.1. The summed E-state index contributed by atoms with van der Waals surface area (Å²) in [6, 6.07) is 10.6. The Morgan fingerprint density at radius 1 is 1.26 bits per heavy atom. The molecule has 3 atom stereocenters. The molecule has 3 aliphatic rings. The smallest absolute Gasteiger partial charge is 0.335 e. The van der Waals surface area contributed by atoms with Crippen LogP contribution in [0.3, 0.4) is 0 Å². The van der Waals surface area contributed by atoms with Gasteiger partial charge in [0, 0.05) is 35.5 Å². The van der Waals surface area contributed by atoms with E-state index in [0.29, 0.717) is 23.1 Å². The Balaban J connectivity index is 1.08. The third-order valence-corrected chi connectivity index (χ3v) is 9.00. The van der Waals surface area contributed by atoms with Gasteiger partial charge in [-0.3, -0.25) is 0 Å². The van der Waals surface area contributed by atoms with Crippen LogP contribution in [-0.4, -0.2) is 47.0 Å². The number of aromatic nitrogens is 2. The van der Waals surface area contributed by atoms with E-state index in [1.165, 1.54) is 17.4 Å². The van der Waals surface area contributed by atoms with Crippen molar-refractivity contribution in [2.45, 2.75) is 50.4 Å². The third kappa shape index (κ3) is 4.03. The Labute approximate surface area is 222 Å². The number of nitrogens with zero attached hydrogens (tertiary/aromatic N) is 3. The van der Waals surface area contributed by atoms with E-state index in [2.05, 4.69) is 15.0 Å². The number of halogens is 1. The summed E-state index contributed by atoms with van der Waals surface area (Å²) in [6.07, 6.45) is 4.19. The number of piperidine rings is 1. The first-order valence-electron chi connectivity index (χ1n) is 12.8. The van der Waals surface area contributed by atoms with E-state index in [4.69, 9.17) is 14.0 Å². The Morgan fingerprint density at radius 3 is 2.87 bits per heavy atom. The molecule has 2 aromatic heterocycles. The van der Waals surface area contributed by atoms with Crippen molar-refractivity contribution in [1.82, 2.24) is 10.1 Å². The van der Waals surface area contributed by atoms with Crippen molar-refractivity contribution < 1.29 is 28.3 Å². The SMILES string of the molecule is COc1cccc(-c2noc(C3CC3)c2CO[C@@H]2C[C@@H]3C[C@H]2CN3c2nc3c(F)cc(C(=O)O)cc3s2)c1. The lowest BCUT2D eigenvalue weighted by molar-refractivity contribution is 0.0122. The zero-order valence-corrected chi connectivity index (χ0v) is 21.5. The van der Waals surface area contributed by atoms with E-state index in [9.17, 15) is 14.3 Å². The molecule has 2 bridgehead atoms. The van der Waals surface area contributed by atoms with E-state index in [1.807, 2.05) is 24.3 Å². The molecule has 3 heterocycles. The van der Waals surface area contributed by atoms with Crippen LogP contribution in [0, 0.1) is 11.7 Å². The van der Waals surface area contributed by atoms with Crippen LogP contribution < -0.4 is 9.64 Å². The number of anilines is 1. The number of rotatable bonds is 8. The maximum Gasteiger partial charge on any atom is 0.335 e. The first kappa shape index (κ1) is 23.6. The van der Waals surface area contributed by atoms with Gasteiger partial charge in [-0.05, 0) is 49.9 Å². The topological polar surface area (TPSA) is 97.9 Å². The van der Waals surface area contributed by atoms with Gasteiger partial charge in [-0.1, -0.05) is 28.6 Å². The molecule has 2 aromatic carbocycles. The van der Waals surface area contributed by atoms with Gasteiger partial charge in [0.25, 0.3) is 0 Å². The molecule has 2 aliphatic carbocycles.